The zero-order valence-corrected chi connectivity index (χ0v) is 15.9. The van der Waals surface area contributed by atoms with Gasteiger partial charge < -0.3 is 19.5 Å². The van der Waals surface area contributed by atoms with E-state index in [1.807, 2.05) is 4.90 Å². The maximum atomic E-state index is 12.7. The highest BCUT2D eigenvalue weighted by Crippen LogP contribution is 2.59. The summed E-state index contributed by atoms with van der Waals surface area (Å²) in [7, 11) is 0. The van der Waals surface area contributed by atoms with Crippen molar-refractivity contribution in [3.8, 4) is 0 Å². The monoisotopic (exact) mass is 371 g/mol. The molecule has 3 amide bonds. The van der Waals surface area contributed by atoms with E-state index >= 15 is 0 Å². The van der Waals surface area contributed by atoms with Gasteiger partial charge in [0.15, 0.2) is 5.76 Å². The van der Waals surface area contributed by atoms with E-state index in [9.17, 15) is 9.59 Å². The standard InChI is InChI=1S/C21H29N3O3/c25-19(18-2-1-7-27-18)23-3-5-24(6-4-23)20(26)22-14-21-11-15-8-16(12-21)10-17(9-15)13-21/h1-2,7,15-17H,3-6,8-14H2,(H,22,26). The fourth-order valence-electron chi connectivity index (χ4n) is 6.55. The number of nitrogens with one attached hydrogen (secondary N) is 1. The minimum atomic E-state index is -0.0892. The van der Waals surface area contributed by atoms with Crippen LogP contribution in [0, 0.1) is 23.2 Å². The molecule has 6 rings (SSSR count). The average Bonchev–Trinajstić information content (AvgIpc) is 3.19. The van der Waals surface area contributed by atoms with Gasteiger partial charge in [0, 0.05) is 32.7 Å². The molecule has 1 aromatic heterocycles. The van der Waals surface area contributed by atoms with Crippen LogP contribution in [0.5, 0.6) is 0 Å². The Hall–Kier alpha value is -1.98. The third-order valence-electron chi connectivity index (χ3n) is 7.37. The SMILES string of the molecule is O=C(NCC12CC3CC(CC(C3)C1)C2)N1CCN(C(=O)c2ccco2)CC1. The highest BCUT2D eigenvalue weighted by Gasteiger charge is 2.50. The summed E-state index contributed by atoms with van der Waals surface area (Å²) in [6.45, 7) is 3.12. The number of amides is 3. The number of carbonyl (C=O) groups excluding carboxylic acids is 2. The Kier molecular flexibility index (Phi) is 4.17. The van der Waals surface area contributed by atoms with E-state index in [4.69, 9.17) is 4.42 Å². The van der Waals surface area contributed by atoms with Crippen molar-refractivity contribution >= 4 is 11.9 Å². The normalized spacial score (nSPS) is 34.7. The Morgan fingerprint density at radius 3 is 2.15 bits per heavy atom. The summed E-state index contributed by atoms with van der Waals surface area (Å²) >= 11 is 0. The molecule has 146 valence electrons. The molecule has 5 fully saturated rings. The van der Waals surface area contributed by atoms with Crippen molar-refractivity contribution in [3.63, 3.8) is 0 Å². The molecule has 1 aromatic rings. The van der Waals surface area contributed by atoms with Crippen molar-refractivity contribution in [2.45, 2.75) is 38.5 Å². The Labute approximate surface area is 160 Å². The molecule has 4 saturated carbocycles. The fourth-order valence-corrected chi connectivity index (χ4v) is 6.55. The lowest BCUT2D eigenvalue weighted by atomic mass is 9.49. The Morgan fingerprint density at radius 1 is 1.00 bits per heavy atom. The van der Waals surface area contributed by atoms with Gasteiger partial charge >= 0.3 is 6.03 Å². The molecule has 1 aliphatic heterocycles. The van der Waals surface area contributed by atoms with E-state index in [2.05, 4.69) is 5.32 Å². The molecule has 0 unspecified atom stereocenters. The molecule has 6 nitrogen and oxygen atoms in total. The van der Waals surface area contributed by atoms with E-state index < -0.39 is 0 Å². The number of urea groups is 1. The smallest absolute Gasteiger partial charge is 0.317 e. The van der Waals surface area contributed by atoms with Crippen molar-refractivity contribution in [1.82, 2.24) is 15.1 Å². The van der Waals surface area contributed by atoms with Crippen molar-refractivity contribution in [3.05, 3.63) is 24.2 Å². The first-order valence-corrected chi connectivity index (χ1v) is 10.5. The molecule has 0 radical (unpaired) electrons. The van der Waals surface area contributed by atoms with Crippen LogP contribution in [0.2, 0.25) is 0 Å². The molecular formula is C21H29N3O3. The molecule has 1 N–H and O–H groups in total. The molecule has 2 heterocycles. The van der Waals surface area contributed by atoms with Crippen LogP contribution in [-0.2, 0) is 0 Å². The molecular weight excluding hydrogens is 342 g/mol. The largest absolute Gasteiger partial charge is 0.459 e. The van der Waals surface area contributed by atoms with Crippen LogP contribution in [0.1, 0.15) is 49.1 Å². The maximum absolute atomic E-state index is 12.7. The number of carbonyl (C=O) groups is 2. The zero-order chi connectivity index (χ0) is 18.4. The lowest BCUT2D eigenvalue weighted by Crippen LogP contribution is -2.56. The molecule has 0 atom stereocenters. The van der Waals surface area contributed by atoms with Gasteiger partial charge in [0.25, 0.3) is 5.91 Å². The zero-order valence-electron chi connectivity index (χ0n) is 15.9. The molecule has 6 heteroatoms. The molecule has 0 spiro atoms. The van der Waals surface area contributed by atoms with Crippen LogP contribution in [0.3, 0.4) is 0 Å². The van der Waals surface area contributed by atoms with Crippen LogP contribution in [0.4, 0.5) is 4.79 Å². The topological polar surface area (TPSA) is 65.8 Å². The number of rotatable bonds is 3. The number of hydrogen-bond donors (Lipinski definition) is 1. The van der Waals surface area contributed by atoms with Crippen molar-refractivity contribution in [2.75, 3.05) is 32.7 Å². The Balaban J connectivity index is 1.12. The lowest BCUT2D eigenvalue weighted by Gasteiger charge is -2.57. The van der Waals surface area contributed by atoms with Gasteiger partial charge in [-0.25, -0.2) is 4.79 Å². The van der Waals surface area contributed by atoms with Crippen molar-refractivity contribution in [1.29, 1.82) is 0 Å². The average molecular weight is 371 g/mol. The maximum Gasteiger partial charge on any atom is 0.317 e. The van der Waals surface area contributed by atoms with Crippen LogP contribution >= 0.6 is 0 Å². The van der Waals surface area contributed by atoms with E-state index in [1.165, 1.54) is 44.8 Å². The predicted octanol–water partition coefficient (Wildman–Crippen LogP) is 2.96. The number of piperazine rings is 1. The molecule has 0 aromatic carbocycles. The van der Waals surface area contributed by atoms with Crippen LogP contribution in [0.25, 0.3) is 0 Å². The first-order valence-electron chi connectivity index (χ1n) is 10.5. The first kappa shape index (κ1) is 17.1. The van der Waals surface area contributed by atoms with Gasteiger partial charge in [0.1, 0.15) is 0 Å². The van der Waals surface area contributed by atoms with Gasteiger partial charge in [-0.3, -0.25) is 4.79 Å². The minimum absolute atomic E-state index is 0.0378. The second-order valence-corrected chi connectivity index (χ2v) is 9.33. The van der Waals surface area contributed by atoms with Gasteiger partial charge in [0.2, 0.25) is 0 Å². The first-order chi connectivity index (χ1) is 13.1. The second-order valence-electron chi connectivity index (χ2n) is 9.33. The van der Waals surface area contributed by atoms with Gasteiger partial charge in [-0.1, -0.05) is 0 Å². The van der Waals surface area contributed by atoms with E-state index in [0.717, 1.165) is 24.3 Å². The summed E-state index contributed by atoms with van der Waals surface area (Å²) in [5.41, 5.74) is 0.363. The number of nitrogens with zero attached hydrogens (tertiary/aromatic N) is 2. The molecule has 5 aliphatic rings. The summed E-state index contributed by atoms with van der Waals surface area (Å²) in [6.07, 6.45) is 9.73. The van der Waals surface area contributed by atoms with Crippen LogP contribution < -0.4 is 5.32 Å². The third-order valence-corrected chi connectivity index (χ3v) is 7.37. The van der Waals surface area contributed by atoms with E-state index in [-0.39, 0.29) is 11.9 Å². The highest BCUT2D eigenvalue weighted by atomic mass is 16.3. The summed E-state index contributed by atoms with van der Waals surface area (Å²) in [4.78, 5) is 28.6. The van der Waals surface area contributed by atoms with Gasteiger partial charge in [-0.05, 0) is 73.8 Å². The minimum Gasteiger partial charge on any atom is -0.459 e. The van der Waals surface area contributed by atoms with Crippen LogP contribution in [-0.4, -0.2) is 54.5 Å². The summed E-state index contributed by atoms with van der Waals surface area (Å²) in [5, 5.41) is 3.25. The molecule has 4 aliphatic carbocycles. The number of hydrogen-bond acceptors (Lipinski definition) is 3. The summed E-state index contributed by atoms with van der Waals surface area (Å²) in [6, 6.07) is 3.45. The van der Waals surface area contributed by atoms with Crippen molar-refractivity contribution < 1.29 is 14.0 Å². The number of furan rings is 1. The fraction of sp³-hybridized carbons (Fsp3) is 0.714. The summed E-state index contributed by atoms with van der Waals surface area (Å²) in [5.74, 6) is 3.00. The highest BCUT2D eigenvalue weighted by molar-refractivity contribution is 5.91. The van der Waals surface area contributed by atoms with Crippen molar-refractivity contribution in [2.24, 2.45) is 23.2 Å². The molecule has 4 bridgehead atoms. The van der Waals surface area contributed by atoms with E-state index in [0.29, 0.717) is 37.4 Å². The summed E-state index contributed by atoms with van der Waals surface area (Å²) < 4.78 is 5.19. The lowest BCUT2D eigenvalue weighted by molar-refractivity contribution is -0.0503. The Bertz CT molecular complexity index is 671. The molecule has 1 saturated heterocycles. The van der Waals surface area contributed by atoms with Crippen LogP contribution in [0.15, 0.2) is 22.8 Å². The predicted molar refractivity (Wildman–Crippen MR) is 100 cm³/mol. The second kappa shape index (κ2) is 6.57. The van der Waals surface area contributed by atoms with E-state index in [1.54, 1.807) is 17.0 Å². The molecule has 27 heavy (non-hydrogen) atoms. The van der Waals surface area contributed by atoms with Gasteiger partial charge in [-0.15, -0.1) is 0 Å². The third kappa shape index (κ3) is 3.23. The van der Waals surface area contributed by atoms with Gasteiger partial charge in [0.05, 0.1) is 6.26 Å². The quantitative estimate of drug-likeness (QED) is 0.888. The Morgan fingerprint density at radius 2 is 1.59 bits per heavy atom. The van der Waals surface area contributed by atoms with Gasteiger partial charge in [-0.2, -0.15) is 0 Å².